The molecule has 2 atom stereocenters. The molecule has 1 saturated carbocycles. The lowest BCUT2D eigenvalue weighted by Crippen LogP contribution is -2.35. The Kier molecular flexibility index (Phi) is 3.50. The summed E-state index contributed by atoms with van der Waals surface area (Å²) >= 11 is 3.75. The van der Waals surface area contributed by atoms with Crippen molar-refractivity contribution in [3.05, 3.63) is 18.0 Å². The first-order chi connectivity index (χ1) is 8.75. The summed E-state index contributed by atoms with van der Waals surface area (Å²) in [5.74, 6) is 0.830. The van der Waals surface area contributed by atoms with Gasteiger partial charge in [0.25, 0.3) is 0 Å². The maximum absolute atomic E-state index is 6.03. The second kappa shape index (κ2) is 4.97. The molecule has 0 spiro atoms. The zero-order valence-corrected chi connectivity index (χ0v) is 12.5. The van der Waals surface area contributed by atoms with Crippen molar-refractivity contribution < 1.29 is 4.74 Å². The topological polar surface area (TPSA) is 27.1 Å². The fraction of sp³-hybridized carbons (Fsp3) is 0.786. The number of aryl methyl sites for hydroxylation is 2. The Bertz CT molecular complexity index is 416. The quantitative estimate of drug-likeness (QED) is 0.782. The van der Waals surface area contributed by atoms with E-state index in [2.05, 4.69) is 27.1 Å². The molecule has 0 N–H and O–H groups in total. The van der Waals surface area contributed by atoms with Crippen LogP contribution in [0.4, 0.5) is 0 Å². The molecule has 0 amide bonds. The van der Waals surface area contributed by atoms with Gasteiger partial charge < -0.3 is 4.74 Å². The van der Waals surface area contributed by atoms with E-state index in [1.807, 2.05) is 17.9 Å². The van der Waals surface area contributed by atoms with Gasteiger partial charge in [0, 0.05) is 36.3 Å². The van der Waals surface area contributed by atoms with E-state index in [9.17, 15) is 0 Å². The molecule has 1 aliphatic carbocycles. The summed E-state index contributed by atoms with van der Waals surface area (Å²) in [5, 5.41) is 5.32. The highest BCUT2D eigenvalue weighted by Gasteiger charge is 2.49. The number of hydrogen-bond acceptors (Lipinski definition) is 2. The molecule has 4 heteroatoms. The first-order valence-corrected chi connectivity index (χ1v) is 8.02. The van der Waals surface area contributed by atoms with Crippen LogP contribution in [0.25, 0.3) is 0 Å². The summed E-state index contributed by atoms with van der Waals surface area (Å²) in [4.78, 5) is 0. The van der Waals surface area contributed by atoms with Crippen molar-refractivity contribution >= 4 is 15.9 Å². The predicted molar refractivity (Wildman–Crippen MR) is 74.8 cm³/mol. The van der Waals surface area contributed by atoms with Crippen molar-refractivity contribution in [2.45, 2.75) is 38.2 Å². The van der Waals surface area contributed by atoms with Gasteiger partial charge in [0.05, 0.1) is 6.10 Å². The van der Waals surface area contributed by atoms with E-state index in [0.717, 1.165) is 24.3 Å². The zero-order valence-electron chi connectivity index (χ0n) is 10.9. The third-order valence-electron chi connectivity index (χ3n) is 4.62. The van der Waals surface area contributed by atoms with Crippen LogP contribution in [0.1, 0.15) is 31.4 Å². The summed E-state index contributed by atoms with van der Waals surface area (Å²) < 4.78 is 8.02. The van der Waals surface area contributed by atoms with Crippen molar-refractivity contribution in [3.63, 3.8) is 0 Å². The smallest absolute Gasteiger partial charge is 0.0668 e. The molecule has 1 saturated heterocycles. The van der Waals surface area contributed by atoms with Gasteiger partial charge in [0.2, 0.25) is 0 Å². The molecule has 3 nitrogen and oxygen atoms in total. The summed E-state index contributed by atoms with van der Waals surface area (Å²) in [6, 6.07) is 2.13. The molecular weight excluding hydrogens is 292 g/mol. The van der Waals surface area contributed by atoms with Crippen LogP contribution in [0.5, 0.6) is 0 Å². The Morgan fingerprint density at radius 3 is 3.00 bits per heavy atom. The largest absolute Gasteiger partial charge is 0.377 e. The molecule has 0 bridgehead atoms. The first-order valence-electron chi connectivity index (χ1n) is 6.90. The van der Waals surface area contributed by atoms with Gasteiger partial charge in [-0.1, -0.05) is 15.9 Å². The van der Waals surface area contributed by atoms with Crippen LogP contribution in [0.3, 0.4) is 0 Å². The molecule has 18 heavy (non-hydrogen) atoms. The lowest BCUT2D eigenvalue weighted by molar-refractivity contribution is 0.0376. The molecule has 2 aliphatic rings. The maximum atomic E-state index is 6.03. The van der Waals surface area contributed by atoms with Gasteiger partial charge in [-0.3, -0.25) is 4.68 Å². The van der Waals surface area contributed by atoms with Gasteiger partial charge in [-0.25, -0.2) is 0 Å². The highest BCUT2D eigenvalue weighted by Crippen LogP contribution is 2.50. The van der Waals surface area contributed by atoms with Gasteiger partial charge in [0.15, 0.2) is 0 Å². The lowest BCUT2D eigenvalue weighted by atomic mass is 9.76. The molecule has 1 aliphatic heterocycles. The minimum atomic E-state index is 0.353. The second-order valence-electron chi connectivity index (χ2n) is 5.82. The van der Waals surface area contributed by atoms with Crippen LogP contribution in [-0.4, -0.2) is 27.8 Å². The van der Waals surface area contributed by atoms with Crippen molar-refractivity contribution in [1.82, 2.24) is 9.78 Å². The van der Waals surface area contributed by atoms with E-state index >= 15 is 0 Å². The van der Waals surface area contributed by atoms with Crippen LogP contribution < -0.4 is 0 Å². The van der Waals surface area contributed by atoms with Gasteiger partial charge in [0.1, 0.15) is 0 Å². The number of nitrogens with zero attached hydrogens (tertiary/aromatic N) is 2. The number of ether oxygens (including phenoxy) is 1. The molecule has 2 heterocycles. The lowest BCUT2D eigenvalue weighted by Gasteiger charge is -2.32. The van der Waals surface area contributed by atoms with Crippen LogP contribution in [-0.2, 0) is 18.2 Å². The highest BCUT2D eigenvalue weighted by atomic mass is 79.9. The molecule has 3 rings (SSSR count). The molecule has 0 radical (unpaired) electrons. The summed E-state index contributed by atoms with van der Waals surface area (Å²) in [5.41, 5.74) is 1.68. The van der Waals surface area contributed by atoms with Gasteiger partial charge in [-0.2, -0.15) is 5.10 Å². The fourth-order valence-corrected chi connectivity index (χ4v) is 4.12. The Hall–Kier alpha value is -0.350. The minimum Gasteiger partial charge on any atom is -0.377 e. The van der Waals surface area contributed by atoms with E-state index in [0.29, 0.717) is 11.5 Å². The molecule has 1 aromatic heterocycles. The number of aromatic nitrogens is 2. The number of hydrogen-bond donors (Lipinski definition) is 0. The maximum Gasteiger partial charge on any atom is 0.0668 e. The SMILES string of the molecule is Cn1nccc1CCC1(CBr)CCOC1C1CC1. The van der Waals surface area contributed by atoms with Crippen molar-refractivity contribution in [2.24, 2.45) is 18.4 Å². The van der Waals surface area contributed by atoms with E-state index in [1.54, 1.807) is 0 Å². The van der Waals surface area contributed by atoms with Crippen LogP contribution in [0.2, 0.25) is 0 Å². The van der Waals surface area contributed by atoms with Crippen LogP contribution in [0.15, 0.2) is 12.3 Å². The Morgan fingerprint density at radius 2 is 2.39 bits per heavy atom. The van der Waals surface area contributed by atoms with E-state index in [4.69, 9.17) is 4.74 Å². The molecular formula is C14H21BrN2O. The number of rotatable bonds is 5. The average Bonchev–Trinajstić information content (AvgIpc) is 3.01. The monoisotopic (exact) mass is 312 g/mol. The molecule has 1 aromatic rings. The van der Waals surface area contributed by atoms with Crippen LogP contribution >= 0.6 is 15.9 Å². The van der Waals surface area contributed by atoms with Gasteiger partial charge >= 0.3 is 0 Å². The predicted octanol–water partition coefficient (Wildman–Crippen LogP) is 2.93. The normalized spacial score (nSPS) is 32.0. The summed E-state index contributed by atoms with van der Waals surface area (Å²) in [7, 11) is 2.03. The third-order valence-corrected chi connectivity index (χ3v) is 5.74. The minimum absolute atomic E-state index is 0.353. The number of alkyl halides is 1. The standard InChI is InChI=1S/C14H21BrN2O/c1-17-12(5-8-16-17)4-6-14(10-15)7-9-18-13(14)11-2-3-11/h5,8,11,13H,2-4,6-7,9-10H2,1H3. The summed E-state index contributed by atoms with van der Waals surface area (Å²) in [6.45, 7) is 0.943. The zero-order chi connectivity index (χ0) is 12.6. The van der Waals surface area contributed by atoms with Crippen LogP contribution in [0, 0.1) is 11.3 Å². The van der Waals surface area contributed by atoms with E-state index in [1.165, 1.54) is 31.4 Å². The van der Waals surface area contributed by atoms with Crippen molar-refractivity contribution in [2.75, 3.05) is 11.9 Å². The van der Waals surface area contributed by atoms with Crippen molar-refractivity contribution in [1.29, 1.82) is 0 Å². The summed E-state index contributed by atoms with van der Waals surface area (Å²) in [6.07, 6.45) is 8.63. The van der Waals surface area contributed by atoms with E-state index < -0.39 is 0 Å². The number of halogens is 1. The molecule has 100 valence electrons. The molecule has 0 aromatic carbocycles. The third kappa shape index (κ3) is 2.25. The van der Waals surface area contributed by atoms with E-state index in [-0.39, 0.29) is 0 Å². The second-order valence-corrected chi connectivity index (χ2v) is 6.38. The first kappa shape index (κ1) is 12.7. The Morgan fingerprint density at radius 1 is 1.56 bits per heavy atom. The highest BCUT2D eigenvalue weighted by molar-refractivity contribution is 9.09. The average molecular weight is 313 g/mol. The Labute approximate surface area is 117 Å². The molecule has 2 unspecified atom stereocenters. The Balaban J connectivity index is 1.69. The molecule has 2 fully saturated rings. The fourth-order valence-electron chi connectivity index (χ4n) is 3.24. The van der Waals surface area contributed by atoms with Gasteiger partial charge in [-0.15, -0.1) is 0 Å². The van der Waals surface area contributed by atoms with Crippen molar-refractivity contribution in [3.8, 4) is 0 Å². The van der Waals surface area contributed by atoms with Gasteiger partial charge in [-0.05, 0) is 44.1 Å².